The molecule has 1 saturated heterocycles. The van der Waals surface area contributed by atoms with Crippen molar-refractivity contribution in [2.75, 3.05) is 33.7 Å². The van der Waals surface area contributed by atoms with Crippen LogP contribution in [0.4, 0.5) is 0 Å². The van der Waals surface area contributed by atoms with E-state index in [9.17, 15) is 19.2 Å². The molecule has 1 unspecified atom stereocenters. The van der Waals surface area contributed by atoms with E-state index >= 15 is 0 Å². The van der Waals surface area contributed by atoms with Gasteiger partial charge in [-0.05, 0) is 62.5 Å². The highest BCUT2D eigenvalue weighted by Crippen LogP contribution is 2.29. The average Bonchev–Trinajstić information content (AvgIpc) is 2.78. The normalized spacial score (nSPS) is 16.2. The number of likely N-dealkylation sites (N-methyl/N-ethyl adjacent to an activating group) is 1. The van der Waals surface area contributed by atoms with Crippen LogP contribution in [0.1, 0.15) is 59.5 Å². The third-order valence-corrected chi connectivity index (χ3v) is 6.01. The van der Waals surface area contributed by atoms with Crippen LogP contribution in [0.2, 0.25) is 0 Å². The van der Waals surface area contributed by atoms with Crippen LogP contribution in [0, 0.1) is 0 Å². The second kappa shape index (κ2) is 12.3. The lowest BCUT2D eigenvalue weighted by molar-refractivity contribution is -0.121. The van der Waals surface area contributed by atoms with E-state index in [1.807, 2.05) is 24.1 Å². The van der Waals surface area contributed by atoms with Crippen molar-refractivity contribution in [1.82, 2.24) is 15.1 Å². The Morgan fingerprint density at radius 3 is 2.60 bits per heavy atom. The van der Waals surface area contributed by atoms with E-state index < -0.39 is 0 Å². The average molecular weight is 416 g/mol. The molecule has 0 saturated carbocycles. The number of amides is 1. The molecule has 1 aliphatic heterocycles. The number of hydrogen-bond acceptors (Lipinski definition) is 6. The summed E-state index contributed by atoms with van der Waals surface area (Å²) in [5, 5.41) is 2.56. The molecular weight excluding hydrogens is 382 g/mol. The largest absolute Gasteiger partial charge is 0.359 e. The molecule has 0 aromatic heterocycles. The molecule has 1 amide bonds. The summed E-state index contributed by atoms with van der Waals surface area (Å²) in [5.41, 5.74) is 2.70. The van der Waals surface area contributed by atoms with Gasteiger partial charge in [0, 0.05) is 38.5 Å². The Bertz CT molecular complexity index is 729. The summed E-state index contributed by atoms with van der Waals surface area (Å²) in [6.45, 7) is 3.21. The first-order valence-corrected chi connectivity index (χ1v) is 10.6. The molecule has 1 aromatic rings. The Hall–Kier alpha value is -2.38. The maximum Gasteiger partial charge on any atom is 0.219 e. The zero-order chi connectivity index (χ0) is 21.9. The Labute approximate surface area is 178 Å². The highest BCUT2D eigenvalue weighted by molar-refractivity contribution is 5.78. The van der Waals surface area contributed by atoms with E-state index in [-0.39, 0.29) is 18.4 Å². The number of rotatable bonds is 12. The smallest absolute Gasteiger partial charge is 0.219 e. The fourth-order valence-corrected chi connectivity index (χ4v) is 4.03. The summed E-state index contributed by atoms with van der Waals surface area (Å²) in [6, 6.07) is 5.66. The summed E-state index contributed by atoms with van der Waals surface area (Å²) in [4.78, 5) is 49.4. The minimum atomic E-state index is -0.378. The van der Waals surface area contributed by atoms with Crippen LogP contribution in [0.25, 0.3) is 0 Å². The first kappa shape index (κ1) is 23.9. The van der Waals surface area contributed by atoms with Crippen molar-refractivity contribution in [3.63, 3.8) is 0 Å². The summed E-state index contributed by atoms with van der Waals surface area (Å²) in [6.07, 6.45) is 6.04. The van der Waals surface area contributed by atoms with Crippen molar-refractivity contribution in [1.29, 1.82) is 0 Å². The van der Waals surface area contributed by atoms with Gasteiger partial charge in [0.15, 0.2) is 0 Å². The zero-order valence-corrected chi connectivity index (χ0v) is 18.0. The van der Waals surface area contributed by atoms with Crippen molar-refractivity contribution in [2.24, 2.45) is 0 Å². The molecule has 0 aliphatic carbocycles. The number of aldehydes is 3. The van der Waals surface area contributed by atoms with Crippen LogP contribution in [-0.4, -0.2) is 74.3 Å². The summed E-state index contributed by atoms with van der Waals surface area (Å²) < 4.78 is 0. The van der Waals surface area contributed by atoms with Crippen LogP contribution in [0.5, 0.6) is 0 Å². The van der Waals surface area contributed by atoms with Gasteiger partial charge in [0.1, 0.15) is 18.9 Å². The highest BCUT2D eigenvalue weighted by atomic mass is 16.1. The predicted octanol–water partition coefficient (Wildman–Crippen LogP) is 1.79. The summed E-state index contributed by atoms with van der Waals surface area (Å²) in [7, 11) is 3.41. The van der Waals surface area contributed by atoms with Gasteiger partial charge in [-0.1, -0.05) is 12.1 Å². The third-order valence-electron chi connectivity index (χ3n) is 6.01. The Kier molecular flexibility index (Phi) is 9.83. The molecule has 1 N–H and O–H groups in total. The van der Waals surface area contributed by atoms with Crippen molar-refractivity contribution in [3.8, 4) is 0 Å². The van der Waals surface area contributed by atoms with Crippen LogP contribution < -0.4 is 5.32 Å². The molecule has 1 atom stereocenters. The SMILES string of the molecule is CNC(=O)CCC(C=O)N(C)Cc1ccc(C2CCN(CCC=O)CC2)cc1C=O. The van der Waals surface area contributed by atoms with Crippen LogP contribution >= 0.6 is 0 Å². The maximum atomic E-state index is 11.7. The van der Waals surface area contributed by atoms with Gasteiger partial charge >= 0.3 is 0 Å². The monoisotopic (exact) mass is 415 g/mol. The van der Waals surface area contributed by atoms with Gasteiger partial charge in [0.05, 0.1) is 6.04 Å². The molecule has 0 radical (unpaired) electrons. The lowest BCUT2D eigenvalue weighted by Gasteiger charge is -2.32. The number of piperidine rings is 1. The highest BCUT2D eigenvalue weighted by Gasteiger charge is 2.22. The van der Waals surface area contributed by atoms with Crippen molar-refractivity contribution in [2.45, 2.75) is 50.6 Å². The van der Waals surface area contributed by atoms with E-state index in [1.54, 1.807) is 7.05 Å². The van der Waals surface area contributed by atoms with E-state index in [0.717, 1.165) is 56.9 Å². The molecule has 1 aromatic carbocycles. The Morgan fingerprint density at radius 2 is 2.00 bits per heavy atom. The molecule has 0 spiro atoms. The first-order valence-electron chi connectivity index (χ1n) is 10.6. The van der Waals surface area contributed by atoms with Gasteiger partial charge in [-0.25, -0.2) is 0 Å². The molecule has 2 rings (SSSR count). The molecule has 7 nitrogen and oxygen atoms in total. The fourth-order valence-electron chi connectivity index (χ4n) is 4.03. The quantitative estimate of drug-likeness (QED) is 0.524. The number of likely N-dealkylation sites (tertiary alicyclic amines) is 1. The minimum Gasteiger partial charge on any atom is -0.359 e. The topological polar surface area (TPSA) is 86.8 Å². The lowest BCUT2D eigenvalue weighted by atomic mass is 9.87. The van der Waals surface area contributed by atoms with Crippen LogP contribution in [0.3, 0.4) is 0 Å². The van der Waals surface area contributed by atoms with Gasteiger partial charge in [-0.2, -0.15) is 0 Å². The number of hydrogen-bond donors (Lipinski definition) is 1. The molecule has 1 aliphatic rings. The lowest BCUT2D eigenvalue weighted by Crippen LogP contribution is -2.34. The van der Waals surface area contributed by atoms with Crippen molar-refractivity contribution >= 4 is 24.8 Å². The molecule has 7 heteroatoms. The Morgan fingerprint density at radius 1 is 1.27 bits per heavy atom. The number of carbonyl (C=O) groups is 4. The van der Waals surface area contributed by atoms with Gasteiger partial charge in [0.25, 0.3) is 0 Å². The molecular formula is C23H33N3O4. The van der Waals surface area contributed by atoms with Gasteiger partial charge in [-0.15, -0.1) is 0 Å². The number of benzene rings is 1. The van der Waals surface area contributed by atoms with E-state index in [2.05, 4.69) is 16.3 Å². The summed E-state index contributed by atoms with van der Waals surface area (Å²) >= 11 is 0. The molecule has 30 heavy (non-hydrogen) atoms. The molecule has 0 bridgehead atoms. The van der Waals surface area contributed by atoms with Crippen molar-refractivity contribution < 1.29 is 19.2 Å². The fraction of sp³-hybridized carbons (Fsp3) is 0.565. The van der Waals surface area contributed by atoms with E-state index in [1.165, 1.54) is 5.56 Å². The maximum absolute atomic E-state index is 11.7. The second-order valence-electron chi connectivity index (χ2n) is 7.98. The predicted molar refractivity (Wildman–Crippen MR) is 116 cm³/mol. The first-order chi connectivity index (χ1) is 14.5. The Balaban J connectivity index is 2.00. The summed E-state index contributed by atoms with van der Waals surface area (Å²) in [5.74, 6) is 0.323. The zero-order valence-electron chi connectivity index (χ0n) is 18.0. The minimum absolute atomic E-state index is 0.0922. The molecule has 1 heterocycles. The van der Waals surface area contributed by atoms with E-state index in [0.29, 0.717) is 30.9 Å². The third kappa shape index (κ3) is 6.85. The van der Waals surface area contributed by atoms with Gasteiger partial charge in [-0.3, -0.25) is 14.5 Å². The second-order valence-corrected chi connectivity index (χ2v) is 7.98. The number of nitrogens with zero attached hydrogens (tertiary/aromatic N) is 2. The van der Waals surface area contributed by atoms with Crippen molar-refractivity contribution in [3.05, 3.63) is 34.9 Å². The van der Waals surface area contributed by atoms with E-state index in [4.69, 9.17) is 0 Å². The molecule has 164 valence electrons. The van der Waals surface area contributed by atoms with Gasteiger partial charge < -0.3 is 19.8 Å². The van der Waals surface area contributed by atoms with Crippen LogP contribution in [0.15, 0.2) is 18.2 Å². The molecule has 1 fully saturated rings. The van der Waals surface area contributed by atoms with Gasteiger partial charge in [0.2, 0.25) is 5.91 Å². The standard InChI is InChI=1S/C23H33N3O4/c1-24-23(30)7-6-22(17-29)25(2)15-20-5-4-19(14-21(20)16-28)18-8-11-26(12-9-18)10-3-13-27/h4-5,13-14,16-18,22H,3,6-12,15H2,1-2H3,(H,24,30). The number of carbonyl (C=O) groups excluding carboxylic acids is 4. The number of nitrogens with one attached hydrogen (secondary N) is 1. The van der Waals surface area contributed by atoms with Crippen LogP contribution in [-0.2, 0) is 20.9 Å².